The smallest absolute Gasteiger partial charge is 0.260 e. The third kappa shape index (κ3) is 3.31. The third-order valence-electron chi connectivity index (χ3n) is 4.90. The highest BCUT2D eigenvalue weighted by atomic mass is 35.5. The Labute approximate surface area is 191 Å². The lowest BCUT2D eigenvalue weighted by Crippen LogP contribution is -2.48. The molecule has 1 aromatic heterocycles. The van der Waals surface area contributed by atoms with Gasteiger partial charge in [0.25, 0.3) is 5.91 Å². The van der Waals surface area contributed by atoms with Crippen LogP contribution in [0.25, 0.3) is 11.1 Å². The van der Waals surface area contributed by atoms with Crippen LogP contribution in [0.4, 0.5) is 5.69 Å². The van der Waals surface area contributed by atoms with Crippen LogP contribution in [0.5, 0.6) is 5.75 Å². The number of ether oxygens (including phenoxy) is 1. The van der Waals surface area contributed by atoms with Gasteiger partial charge in [-0.1, -0.05) is 68.2 Å². The number of fused-ring (bicyclic) bond motifs is 3. The molecule has 0 radical (unpaired) electrons. The molecular formula is C21H17Cl2NO2S3. The first-order chi connectivity index (χ1) is 13.8. The Kier molecular flexibility index (Phi) is 5.51. The lowest BCUT2D eigenvalue weighted by atomic mass is 9.86. The van der Waals surface area contributed by atoms with Crippen LogP contribution in [-0.4, -0.2) is 12.5 Å². The normalized spacial score (nSPS) is 14.3. The maximum atomic E-state index is 13.8. The first-order valence-corrected chi connectivity index (χ1v) is 12.3. The molecule has 0 saturated carbocycles. The quantitative estimate of drug-likeness (QED) is 0.282. The Bertz CT molecular complexity index is 1180. The highest BCUT2D eigenvalue weighted by Crippen LogP contribution is 2.55. The molecule has 29 heavy (non-hydrogen) atoms. The summed E-state index contributed by atoms with van der Waals surface area (Å²) in [5.41, 5.74) is 2.41. The lowest BCUT2D eigenvalue weighted by molar-refractivity contribution is 0.0960. The molecule has 8 heteroatoms. The lowest BCUT2D eigenvalue weighted by Gasteiger charge is -2.43. The Morgan fingerprint density at radius 3 is 2.66 bits per heavy atom. The van der Waals surface area contributed by atoms with Gasteiger partial charge in [-0.05, 0) is 45.0 Å². The molecule has 0 saturated heterocycles. The van der Waals surface area contributed by atoms with Crippen molar-refractivity contribution in [2.45, 2.75) is 26.3 Å². The Hall–Kier alpha value is -1.44. The zero-order chi connectivity index (χ0) is 20.9. The van der Waals surface area contributed by atoms with Crippen LogP contribution in [0, 0.1) is 3.82 Å². The second kappa shape index (κ2) is 7.67. The molecule has 0 N–H and O–H groups in total. The van der Waals surface area contributed by atoms with Gasteiger partial charge >= 0.3 is 0 Å². The summed E-state index contributed by atoms with van der Waals surface area (Å²) in [5.74, 6) is 0.438. The van der Waals surface area contributed by atoms with E-state index in [9.17, 15) is 4.79 Å². The molecule has 1 amide bonds. The van der Waals surface area contributed by atoms with E-state index in [-0.39, 0.29) is 5.91 Å². The molecule has 1 aliphatic rings. The Morgan fingerprint density at radius 2 is 1.97 bits per heavy atom. The van der Waals surface area contributed by atoms with Crippen molar-refractivity contribution in [3.05, 3.63) is 60.7 Å². The maximum Gasteiger partial charge on any atom is 0.260 e. The predicted molar refractivity (Wildman–Crippen MR) is 126 cm³/mol. The first kappa shape index (κ1) is 20.8. The summed E-state index contributed by atoms with van der Waals surface area (Å²) in [7, 11) is 3.17. The maximum absolute atomic E-state index is 13.8. The second-order valence-electron chi connectivity index (χ2n) is 7.07. The van der Waals surface area contributed by atoms with Crippen molar-refractivity contribution in [2.75, 3.05) is 11.5 Å². The molecule has 2 aromatic carbocycles. The van der Waals surface area contributed by atoms with Gasteiger partial charge in [0, 0.05) is 16.1 Å². The van der Waals surface area contributed by atoms with E-state index < -0.39 is 5.54 Å². The number of benzene rings is 2. The Balaban J connectivity index is 2.02. The number of carbonyl (C=O) groups excluding carboxylic acids is 1. The van der Waals surface area contributed by atoms with Crippen molar-refractivity contribution >= 4 is 67.7 Å². The summed E-state index contributed by atoms with van der Waals surface area (Å²) in [6.45, 7) is 6.46. The number of amides is 1. The topological polar surface area (TPSA) is 29.5 Å². The molecule has 3 aromatic rings. The number of rotatable bonds is 3. The molecule has 0 atom stereocenters. The molecule has 0 bridgehead atoms. The minimum Gasteiger partial charge on any atom is -0.492 e. The number of hydrogen-bond acceptors (Lipinski definition) is 5. The molecule has 150 valence electrons. The van der Waals surface area contributed by atoms with Gasteiger partial charge in [-0.3, -0.25) is 9.69 Å². The number of carbonyl (C=O) groups is 1. The van der Waals surface area contributed by atoms with Gasteiger partial charge in [0.1, 0.15) is 9.57 Å². The summed E-state index contributed by atoms with van der Waals surface area (Å²) in [5, 5.41) is 0.801. The van der Waals surface area contributed by atoms with Crippen LogP contribution in [0.2, 0.25) is 10.0 Å². The molecule has 1 aliphatic heterocycles. The van der Waals surface area contributed by atoms with Crippen LogP contribution in [-0.2, 0) is 5.54 Å². The summed E-state index contributed by atoms with van der Waals surface area (Å²) in [6.07, 6.45) is 0. The average molecular weight is 482 g/mol. The molecule has 0 unspecified atom stereocenters. The molecular weight excluding hydrogens is 465 g/mol. The number of anilines is 1. The van der Waals surface area contributed by atoms with Gasteiger partial charge in [-0.25, -0.2) is 0 Å². The first-order valence-electron chi connectivity index (χ1n) is 8.96. The van der Waals surface area contributed by atoms with Gasteiger partial charge in [0.05, 0.1) is 33.3 Å². The van der Waals surface area contributed by atoms with E-state index >= 15 is 0 Å². The zero-order valence-corrected chi connectivity index (χ0v) is 19.9. The van der Waals surface area contributed by atoms with Crippen molar-refractivity contribution in [2.24, 2.45) is 0 Å². The summed E-state index contributed by atoms with van der Waals surface area (Å²) < 4.78 is 6.74. The number of para-hydroxylation sites is 1. The van der Waals surface area contributed by atoms with E-state index in [2.05, 4.69) is 0 Å². The largest absolute Gasteiger partial charge is 0.492 e. The minimum absolute atomic E-state index is 0.208. The fraction of sp³-hybridized carbons (Fsp3) is 0.238. The molecule has 2 heterocycles. The summed E-state index contributed by atoms with van der Waals surface area (Å²) in [4.78, 5) is 16.7. The standard InChI is InChI=1S/C21H17Cl2NO2S3/c1-4-26-15-7-5-6-13-16-18(28-29-20(16)27)21(2,3)24(17(13)15)19(25)12-9-8-11(22)10-14(12)23/h5-10H,4H2,1-3H3. The van der Waals surface area contributed by atoms with Gasteiger partial charge in [-0.2, -0.15) is 0 Å². The highest BCUT2D eigenvalue weighted by Gasteiger charge is 2.45. The van der Waals surface area contributed by atoms with E-state index in [0.717, 1.165) is 25.5 Å². The minimum atomic E-state index is -0.631. The van der Waals surface area contributed by atoms with Crippen molar-refractivity contribution in [1.29, 1.82) is 0 Å². The average Bonchev–Trinajstić information content (AvgIpc) is 3.05. The van der Waals surface area contributed by atoms with Crippen LogP contribution in [0.1, 0.15) is 36.0 Å². The van der Waals surface area contributed by atoms with Gasteiger partial charge in [0.2, 0.25) is 0 Å². The van der Waals surface area contributed by atoms with E-state index in [0.29, 0.717) is 28.0 Å². The molecule has 0 spiro atoms. The van der Waals surface area contributed by atoms with Crippen LogP contribution in [0.3, 0.4) is 0 Å². The van der Waals surface area contributed by atoms with Crippen LogP contribution < -0.4 is 9.64 Å². The fourth-order valence-electron chi connectivity index (χ4n) is 3.64. The molecule has 0 aliphatic carbocycles. The number of halogens is 2. The Morgan fingerprint density at radius 1 is 1.21 bits per heavy atom. The van der Waals surface area contributed by atoms with E-state index in [4.69, 9.17) is 40.2 Å². The van der Waals surface area contributed by atoms with Crippen LogP contribution >= 0.6 is 56.1 Å². The van der Waals surface area contributed by atoms with Crippen molar-refractivity contribution in [1.82, 2.24) is 0 Å². The van der Waals surface area contributed by atoms with Gasteiger partial charge < -0.3 is 4.74 Å². The molecule has 4 rings (SSSR count). The zero-order valence-electron chi connectivity index (χ0n) is 15.9. The SMILES string of the molecule is CCOc1cccc2c1N(C(=O)c1ccc(Cl)cc1Cl)C(C)(C)c1ssc(=S)c1-2. The van der Waals surface area contributed by atoms with Gasteiger partial charge in [0.15, 0.2) is 0 Å². The van der Waals surface area contributed by atoms with E-state index in [1.807, 2.05) is 39.0 Å². The van der Waals surface area contributed by atoms with E-state index in [1.54, 1.807) is 43.8 Å². The monoisotopic (exact) mass is 481 g/mol. The molecule has 3 nitrogen and oxygen atoms in total. The fourth-order valence-corrected chi connectivity index (χ4v) is 7.41. The second-order valence-corrected chi connectivity index (χ2v) is 10.7. The highest BCUT2D eigenvalue weighted by molar-refractivity contribution is 7.80. The number of nitrogens with zero attached hydrogens (tertiary/aromatic N) is 1. The van der Waals surface area contributed by atoms with Crippen molar-refractivity contribution in [3.8, 4) is 16.9 Å². The van der Waals surface area contributed by atoms with Crippen molar-refractivity contribution < 1.29 is 9.53 Å². The van der Waals surface area contributed by atoms with Crippen molar-refractivity contribution in [3.63, 3.8) is 0 Å². The summed E-state index contributed by atoms with van der Waals surface area (Å²) in [6, 6.07) is 10.7. The number of hydrogen-bond donors (Lipinski definition) is 0. The summed E-state index contributed by atoms with van der Waals surface area (Å²) >= 11 is 18.1. The molecule has 0 fully saturated rings. The van der Waals surface area contributed by atoms with Crippen LogP contribution in [0.15, 0.2) is 36.4 Å². The predicted octanol–water partition coefficient (Wildman–Crippen LogP) is 7.81. The third-order valence-corrected chi connectivity index (χ3v) is 8.78. The van der Waals surface area contributed by atoms with E-state index in [1.165, 1.54) is 0 Å². The van der Waals surface area contributed by atoms with Gasteiger partial charge in [-0.15, -0.1) is 0 Å².